The quantitative estimate of drug-likeness (QED) is 0.406. The number of nitrogens with zero attached hydrogens (tertiary/aromatic N) is 2. The number of carbonyl (C=O) groups excluding carboxylic acids is 3. The van der Waals surface area contributed by atoms with Crippen molar-refractivity contribution in [3.05, 3.63) is 81.8 Å². The van der Waals surface area contributed by atoms with Gasteiger partial charge < -0.3 is 15.4 Å². The molecular weight excluding hydrogens is 480 g/mol. The Kier molecular flexibility index (Phi) is 9.13. The molecule has 2 N–H and O–H groups in total. The lowest BCUT2D eigenvalue weighted by Gasteiger charge is -2.18. The van der Waals surface area contributed by atoms with Crippen LogP contribution in [0.5, 0.6) is 0 Å². The molecule has 0 bridgehead atoms. The highest BCUT2D eigenvalue weighted by molar-refractivity contribution is 7.98. The fraction of sp³-hybridized carbons (Fsp3) is 0.308. The van der Waals surface area contributed by atoms with Crippen molar-refractivity contribution >= 4 is 35.2 Å². The molecule has 10 heteroatoms. The molecule has 0 saturated heterocycles. The van der Waals surface area contributed by atoms with Crippen LogP contribution in [0.4, 0.5) is 5.69 Å². The Balaban J connectivity index is 1.66. The van der Waals surface area contributed by atoms with Gasteiger partial charge in [0.15, 0.2) is 6.61 Å². The first-order chi connectivity index (χ1) is 17.2. The molecule has 190 valence electrons. The van der Waals surface area contributed by atoms with E-state index in [2.05, 4.69) is 10.6 Å². The van der Waals surface area contributed by atoms with Gasteiger partial charge in [0, 0.05) is 12.6 Å². The van der Waals surface area contributed by atoms with Crippen LogP contribution < -0.4 is 16.2 Å². The average Bonchev–Trinajstić information content (AvgIpc) is 3.08. The number of para-hydroxylation sites is 1. The van der Waals surface area contributed by atoms with Crippen LogP contribution in [0.15, 0.2) is 59.4 Å². The van der Waals surface area contributed by atoms with Crippen LogP contribution in [0, 0.1) is 13.8 Å². The number of esters is 1. The first-order valence-corrected chi connectivity index (χ1v) is 12.8. The molecule has 9 nitrogen and oxygen atoms in total. The van der Waals surface area contributed by atoms with Gasteiger partial charge in [-0.3, -0.25) is 19.1 Å². The van der Waals surface area contributed by atoms with E-state index in [-0.39, 0.29) is 11.6 Å². The first-order valence-electron chi connectivity index (χ1n) is 11.4. The van der Waals surface area contributed by atoms with Crippen LogP contribution in [0.25, 0.3) is 5.69 Å². The Labute approximate surface area is 213 Å². The standard InChI is InChI=1S/C26H30N4O5S/c1-17-10-8-9-13-20(17)24(32)27-21(14-15-36-4)26(34)35-16-22(31)28-23-18(2)29(3)30(25(23)33)19-11-6-5-7-12-19/h5-13,21H,14-16H2,1-4H3,(H,27,32)(H,28,31)/t21-/m1/s1. The first kappa shape index (κ1) is 26.8. The number of amides is 2. The van der Waals surface area contributed by atoms with Gasteiger partial charge in [0.05, 0.1) is 11.4 Å². The predicted molar refractivity (Wildman–Crippen MR) is 141 cm³/mol. The minimum absolute atomic E-state index is 0.106. The van der Waals surface area contributed by atoms with Gasteiger partial charge in [-0.05, 0) is 56.0 Å². The maximum absolute atomic E-state index is 13.0. The monoisotopic (exact) mass is 510 g/mol. The van der Waals surface area contributed by atoms with Crippen molar-refractivity contribution in [2.75, 3.05) is 23.9 Å². The van der Waals surface area contributed by atoms with Crippen molar-refractivity contribution in [3.8, 4) is 5.69 Å². The molecule has 0 radical (unpaired) electrons. The summed E-state index contributed by atoms with van der Waals surface area (Å²) >= 11 is 1.53. The predicted octanol–water partition coefficient (Wildman–Crippen LogP) is 2.83. The highest BCUT2D eigenvalue weighted by Gasteiger charge is 2.25. The summed E-state index contributed by atoms with van der Waals surface area (Å²) in [6, 6.07) is 15.2. The summed E-state index contributed by atoms with van der Waals surface area (Å²) in [7, 11) is 1.72. The number of nitrogens with one attached hydrogen (secondary N) is 2. The molecule has 2 aromatic carbocycles. The van der Waals surface area contributed by atoms with Crippen molar-refractivity contribution in [1.29, 1.82) is 0 Å². The molecule has 3 aromatic rings. The van der Waals surface area contributed by atoms with Gasteiger partial charge in [0.2, 0.25) is 0 Å². The number of hydrogen-bond acceptors (Lipinski definition) is 6. The van der Waals surface area contributed by atoms with Crippen molar-refractivity contribution in [3.63, 3.8) is 0 Å². The molecule has 0 saturated carbocycles. The van der Waals surface area contributed by atoms with Gasteiger partial charge >= 0.3 is 5.97 Å². The largest absolute Gasteiger partial charge is 0.454 e. The zero-order valence-corrected chi connectivity index (χ0v) is 21.6. The molecular formula is C26H30N4O5S. The summed E-state index contributed by atoms with van der Waals surface area (Å²) in [6.45, 7) is 2.93. The number of benzene rings is 2. The zero-order valence-electron chi connectivity index (χ0n) is 20.7. The van der Waals surface area contributed by atoms with Gasteiger partial charge in [-0.25, -0.2) is 9.48 Å². The normalized spacial score (nSPS) is 11.6. The highest BCUT2D eigenvalue weighted by atomic mass is 32.2. The van der Waals surface area contributed by atoms with Gasteiger partial charge in [-0.1, -0.05) is 36.4 Å². The molecule has 0 spiro atoms. The number of aryl methyl sites for hydroxylation is 1. The summed E-state index contributed by atoms with van der Waals surface area (Å²) in [5, 5.41) is 5.27. The van der Waals surface area contributed by atoms with E-state index in [0.717, 1.165) is 5.56 Å². The van der Waals surface area contributed by atoms with Crippen LogP contribution in [0.3, 0.4) is 0 Å². The number of anilines is 1. The second-order valence-corrected chi connectivity index (χ2v) is 9.20. The Bertz CT molecular complexity index is 1300. The van der Waals surface area contributed by atoms with Crippen LogP contribution in [-0.4, -0.2) is 51.8 Å². The average molecular weight is 511 g/mol. The lowest BCUT2D eigenvalue weighted by Crippen LogP contribution is -2.43. The van der Waals surface area contributed by atoms with Crippen molar-refractivity contribution in [2.24, 2.45) is 7.05 Å². The Morgan fingerprint density at radius 2 is 1.69 bits per heavy atom. The second kappa shape index (κ2) is 12.3. The third kappa shape index (κ3) is 6.25. The molecule has 2 amide bonds. The van der Waals surface area contributed by atoms with E-state index in [1.54, 1.807) is 42.9 Å². The minimum Gasteiger partial charge on any atom is -0.454 e. The van der Waals surface area contributed by atoms with Crippen molar-refractivity contribution in [1.82, 2.24) is 14.7 Å². The van der Waals surface area contributed by atoms with Crippen LogP contribution in [0.2, 0.25) is 0 Å². The minimum atomic E-state index is -0.911. The van der Waals surface area contributed by atoms with E-state index in [0.29, 0.717) is 29.1 Å². The lowest BCUT2D eigenvalue weighted by atomic mass is 10.1. The number of aromatic nitrogens is 2. The Morgan fingerprint density at radius 3 is 2.36 bits per heavy atom. The van der Waals surface area contributed by atoms with Gasteiger partial charge in [0.25, 0.3) is 17.4 Å². The highest BCUT2D eigenvalue weighted by Crippen LogP contribution is 2.14. The lowest BCUT2D eigenvalue weighted by molar-refractivity contribution is -0.149. The Hall–Kier alpha value is -3.79. The van der Waals surface area contributed by atoms with Crippen LogP contribution in [-0.2, 0) is 21.4 Å². The van der Waals surface area contributed by atoms with E-state index in [1.807, 2.05) is 43.5 Å². The fourth-order valence-electron chi connectivity index (χ4n) is 3.67. The van der Waals surface area contributed by atoms with Crippen molar-refractivity contribution in [2.45, 2.75) is 26.3 Å². The van der Waals surface area contributed by atoms with E-state index >= 15 is 0 Å². The van der Waals surface area contributed by atoms with E-state index in [4.69, 9.17) is 4.74 Å². The SMILES string of the molecule is CSCC[C@@H](NC(=O)c1ccccc1C)C(=O)OCC(=O)Nc1c(C)n(C)n(-c2ccccc2)c1=O. The third-order valence-corrected chi connectivity index (χ3v) is 6.40. The summed E-state index contributed by atoms with van der Waals surface area (Å²) in [6.07, 6.45) is 2.24. The number of rotatable bonds is 10. The van der Waals surface area contributed by atoms with Gasteiger partial charge in [-0.15, -0.1) is 0 Å². The second-order valence-electron chi connectivity index (χ2n) is 8.21. The van der Waals surface area contributed by atoms with Crippen molar-refractivity contribution < 1.29 is 19.1 Å². The van der Waals surface area contributed by atoms with E-state index < -0.39 is 30.1 Å². The number of thioether (sulfide) groups is 1. The molecule has 0 aliphatic heterocycles. The molecule has 0 unspecified atom stereocenters. The van der Waals surface area contributed by atoms with Gasteiger partial charge in [0.1, 0.15) is 11.7 Å². The molecule has 0 fully saturated rings. The molecule has 1 heterocycles. The maximum Gasteiger partial charge on any atom is 0.329 e. The topological polar surface area (TPSA) is 111 Å². The molecule has 0 aliphatic rings. The van der Waals surface area contributed by atoms with Crippen LogP contribution >= 0.6 is 11.8 Å². The van der Waals surface area contributed by atoms with Crippen LogP contribution in [0.1, 0.15) is 28.0 Å². The zero-order chi connectivity index (χ0) is 26.2. The molecule has 0 aliphatic carbocycles. The molecule has 1 atom stereocenters. The smallest absolute Gasteiger partial charge is 0.329 e. The molecule has 1 aromatic heterocycles. The Morgan fingerprint density at radius 1 is 1.03 bits per heavy atom. The van der Waals surface area contributed by atoms with Gasteiger partial charge in [-0.2, -0.15) is 11.8 Å². The number of ether oxygens (including phenoxy) is 1. The summed E-state index contributed by atoms with van der Waals surface area (Å²) in [4.78, 5) is 51.0. The molecule has 3 rings (SSSR count). The maximum atomic E-state index is 13.0. The van der Waals surface area contributed by atoms with E-state index in [9.17, 15) is 19.2 Å². The third-order valence-electron chi connectivity index (χ3n) is 5.75. The summed E-state index contributed by atoms with van der Waals surface area (Å²) < 4.78 is 8.29. The summed E-state index contributed by atoms with van der Waals surface area (Å²) in [5.74, 6) is -1.14. The number of hydrogen-bond donors (Lipinski definition) is 2. The molecule has 36 heavy (non-hydrogen) atoms. The fourth-order valence-corrected chi connectivity index (χ4v) is 4.14. The van der Waals surface area contributed by atoms with E-state index in [1.165, 1.54) is 16.4 Å². The number of carbonyl (C=O) groups is 3. The summed E-state index contributed by atoms with van der Waals surface area (Å²) in [5.41, 5.74) is 2.16.